The van der Waals surface area contributed by atoms with E-state index in [1.807, 2.05) is 34.6 Å². The average Bonchev–Trinajstić information content (AvgIpc) is 3.22. The molecule has 1 saturated carbocycles. The van der Waals surface area contributed by atoms with Gasteiger partial charge in [0.05, 0.1) is 17.1 Å². The van der Waals surface area contributed by atoms with Crippen LogP contribution in [0.1, 0.15) is 63.1 Å². The van der Waals surface area contributed by atoms with Gasteiger partial charge < -0.3 is 10.2 Å². The fourth-order valence-electron chi connectivity index (χ4n) is 4.36. The summed E-state index contributed by atoms with van der Waals surface area (Å²) in [6, 6.07) is 0.474. The highest BCUT2D eigenvalue weighted by Crippen LogP contribution is 2.47. The highest BCUT2D eigenvalue weighted by Gasteiger charge is 2.35. The van der Waals surface area contributed by atoms with E-state index in [1.165, 1.54) is 12.8 Å². The van der Waals surface area contributed by atoms with Gasteiger partial charge in [0, 0.05) is 18.0 Å². The van der Waals surface area contributed by atoms with Crippen molar-refractivity contribution in [1.82, 2.24) is 0 Å². The molecule has 1 aromatic rings. The van der Waals surface area contributed by atoms with E-state index in [4.69, 9.17) is 5.14 Å². The summed E-state index contributed by atoms with van der Waals surface area (Å²) in [6.45, 7) is 10.2. The molecule has 1 amide bonds. The molecule has 1 aliphatic carbocycles. The van der Waals surface area contributed by atoms with Gasteiger partial charge in [-0.3, -0.25) is 9.52 Å². The SMILES string of the molecule is Cc1c2c(c(NC(=O)C(C)(C)C)c(C)c1NS(N)(=O)=O)N(C1CCCC1)CC2.Cl. The number of benzene rings is 1. The maximum Gasteiger partial charge on any atom is 0.296 e. The van der Waals surface area contributed by atoms with E-state index < -0.39 is 15.6 Å². The van der Waals surface area contributed by atoms with Crippen molar-refractivity contribution in [3.8, 4) is 0 Å². The molecule has 29 heavy (non-hydrogen) atoms. The van der Waals surface area contributed by atoms with Crippen molar-refractivity contribution < 1.29 is 13.2 Å². The minimum Gasteiger partial charge on any atom is -0.366 e. The number of nitrogens with two attached hydrogens (primary N) is 1. The van der Waals surface area contributed by atoms with Gasteiger partial charge in [0.25, 0.3) is 10.2 Å². The summed E-state index contributed by atoms with van der Waals surface area (Å²) in [5.74, 6) is -0.0959. The lowest BCUT2D eigenvalue weighted by molar-refractivity contribution is -0.123. The van der Waals surface area contributed by atoms with Gasteiger partial charge in [0.15, 0.2) is 0 Å². The third kappa shape index (κ3) is 4.81. The van der Waals surface area contributed by atoms with E-state index in [0.29, 0.717) is 23.0 Å². The molecule has 0 aromatic heterocycles. The van der Waals surface area contributed by atoms with Crippen molar-refractivity contribution in [2.45, 2.75) is 72.8 Å². The lowest BCUT2D eigenvalue weighted by Crippen LogP contribution is -2.34. The third-order valence-electron chi connectivity index (χ3n) is 5.92. The molecule has 0 bridgehead atoms. The maximum atomic E-state index is 12.8. The van der Waals surface area contributed by atoms with Gasteiger partial charge in [-0.1, -0.05) is 33.6 Å². The quantitative estimate of drug-likeness (QED) is 0.659. The molecule has 1 aromatic carbocycles. The molecule has 4 N–H and O–H groups in total. The van der Waals surface area contributed by atoms with Crippen LogP contribution in [0, 0.1) is 19.3 Å². The van der Waals surface area contributed by atoms with Gasteiger partial charge in [-0.15, -0.1) is 12.4 Å². The number of carbonyl (C=O) groups is 1. The van der Waals surface area contributed by atoms with Crippen LogP contribution in [0.5, 0.6) is 0 Å². The first-order chi connectivity index (χ1) is 12.9. The molecular weight excluding hydrogens is 412 g/mol. The molecule has 1 heterocycles. The average molecular weight is 445 g/mol. The second-order valence-corrected chi connectivity index (χ2v) is 10.4. The smallest absolute Gasteiger partial charge is 0.296 e. The van der Waals surface area contributed by atoms with Crippen molar-refractivity contribution in [2.75, 3.05) is 21.5 Å². The first-order valence-electron chi connectivity index (χ1n) is 9.95. The fraction of sp³-hybridized carbons (Fsp3) is 0.650. The highest BCUT2D eigenvalue weighted by molar-refractivity contribution is 7.90. The van der Waals surface area contributed by atoms with Crippen LogP contribution in [0.4, 0.5) is 17.1 Å². The predicted octanol–water partition coefficient (Wildman–Crippen LogP) is 3.63. The summed E-state index contributed by atoms with van der Waals surface area (Å²) >= 11 is 0. The van der Waals surface area contributed by atoms with Crippen LogP contribution < -0.4 is 20.1 Å². The van der Waals surface area contributed by atoms with Crippen molar-refractivity contribution in [3.63, 3.8) is 0 Å². The van der Waals surface area contributed by atoms with Crippen LogP contribution in [-0.4, -0.2) is 26.9 Å². The summed E-state index contributed by atoms with van der Waals surface area (Å²) < 4.78 is 25.9. The Bertz CT molecular complexity index is 904. The molecule has 164 valence electrons. The van der Waals surface area contributed by atoms with Crippen LogP contribution in [0.25, 0.3) is 0 Å². The second kappa shape index (κ2) is 8.32. The lowest BCUT2D eigenvalue weighted by Gasteiger charge is -2.31. The van der Waals surface area contributed by atoms with Gasteiger partial charge in [-0.05, 0) is 49.8 Å². The van der Waals surface area contributed by atoms with Gasteiger partial charge in [-0.2, -0.15) is 8.42 Å². The number of nitrogens with one attached hydrogen (secondary N) is 2. The summed E-state index contributed by atoms with van der Waals surface area (Å²) in [7, 11) is -3.92. The minimum absolute atomic E-state index is 0. The molecule has 0 radical (unpaired) electrons. The van der Waals surface area contributed by atoms with E-state index in [-0.39, 0.29) is 18.3 Å². The van der Waals surface area contributed by atoms with Crippen LogP contribution in [0.15, 0.2) is 0 Å². The van der Waals surface area contributed by atoms with Gasteiger partial charge in [0.1, 0.15) is 0 Å². The zero-order valence-corrected chi connectivity index (χ0v) is 19.5. The number of nitrogens with zero attached hydrogens (tertiary/aromatic N) is 1. The Hall–Kier alpha value is -1.51. The molecule has 7 nitrogen and oxygen atoms in total. The zero-order chi connectivity index (χ0) is 20.9. The largest absolute Gasteiger partial charge is 0.366 e. The Balaban J connectivity index is 0.00000300. The number of hydrogen-bond acceptors (Lipinski definition) is 4. The van der Waals surface area contributed by atoms with E-state index in [1.54, 1.807) is 0 Å². The van der Waals surface area contributed by atoms with Crippen LogP contribution in [0.2, 0.25) is 0 Å². The molecule has 1 fully saturated rings. The zero-order valence-electron chi connectivity index (χ0n) is 17.9. The summed E-state index contributed by atoms with van der Waals surface area (Å²) in [6.07, 6.45) is 5.59. The predicted molar refractivity (Wildman–Crippen MR) is 121 cm³/mol. The number of amides is 1. The monoisotopic (exact) mass is 444 g/mol. The van der Waals surface area contributed by atoms with Crippen LogP contribution in [0.3, 0.4) is 0 Å². The second-order valence-electron chi connectivity index (χ2n) is 9.06. The van der Waals surface area contributed by atoms with E-state index in [0.717, 1.165) is 42.6 Å². The molecule has 9 heteroatoms. The van der Waals surface area contributed by atoms with E-state index >= 15 is 0 Å². The molecule has 0 atom stereocenters. The van der Waals surface area contributed by atoms with Crippen LogP contribution >= 0.6 is 12.4 Å². The Morgan fingerprint density at radius 1 is 1.10 bits per heavy atom. The van der Waals surface area contributed by atoms with Crippen molar-refractivity contribution >= 4 is 45.6 Å². The Morgan fingerprint density at radius 2 is 1.69 bits per heavy atom. The maximum absolute atomic E-state index is 12.8. The molecule has 2 aliphatic rings. The van der Waals surface area contributed by atoms with Crippen LogP contribution in [-0.2, 0) is 21.4 Å². The Labute approximate surface area is 180 Å². The van der Waals surface area contributed by atoms with Crippen molar-refractivity contribution in [3.05, 3.63) is 16.7 Å². The number of rotatable bonds is 4. The standard InChI is InChI=1S/C20H32N4O3S.ClH/c1-12-15-10-11-24(14-8-6-7-9-14)18(15)17(22-19(25)20(3,4)5)13(2)16(12)23-28(21,26)27;/h14,23H,6-11H2,1-5H3,(H,22,25)(H2,21,26,27);1H. The third-order valence-corrected chi connectivity index (χ3v) is 6.41. The number of carbonyl (C=O) groups excluding carboxylic acids is 1. The topological polar surface area (TPSA) is 105 Å². The highest BCUT2D eigenvalue weighted by atomic mass is 35.5. The van der Waals surface area contributed by atoms with Gasteiger partial charge in [-0.25, -0.2) is 5.14 Å². The minimum atomic E-state index is -3.92. The summed E-state index contributed by atoms with van der Waals surface area (Å²) in [5, 5.41) is 8.36. The van der Waals surface area contributed by atoms with Crippen molar-refractivity contribution in [1.29, 1.82) is 0 Å². The molecule has 0 unspecified atom stereocenters. The van der Waals surface area contributed by atoms with E-state index in [2.05, 4.69) is 14.9 Å². The van der Waals surface area contributed by atoms with Crippen molar-refractivity contribution in [2.24, 2.45) is 10.6 Å². The first-order valence-corrected chi connectivity index (χ1v) is 11.5. The number of fused-ring (bicyclic) bond motifs is 1. The molecule has 0 spiro atoms. The first kappa shape index (κ1) is 23.8. The summed E-state index contributed by atoms with van der Waals surface area (Å²) in [4.78, 5) is 15.2. The summed E-state index contributed by atoms with van der Waals surface area (Å²) in [5.41, 5.74) is 4.35. The molecule has 3 rings (SSSR count). The number of hydrogen-bond donors (Lipinski definition) is 3. The van der Waals surface area contributed by atoms with Gasteiger partial charge in [0.2, 0.25) is 5.91 Å². The Morgan fingerprint density at radius 3 is 2.21 bits per heavy atom. The Kier molecular flexibility index (Phi) is 6.82. The molecule has 0 saturated heterocycles. The number of anilines is 3. The number of halogens is 1. The van der Waals surface area contributed by atoms with E-state index in [9.17, 15) is 13.2 Å². The molecule has 1 aliphatic heterocycles. The normalized spacial score (nSPS) is 17.1. The molecular formula is C20H33ClN4O3S. The fourth-order valence-corrected chi connectivity index (χ4v) is 4.95. The lowest BCUT2D eigenvalue weighted by atomic mass is 9.93. The van der Waals surface area contributed by atoms with Gasteiger partial charge >= 0.3 is 0 Å².